The molecule has 152 valence electrons. The fraction of sp³-hybridized carbons (Fsp3) is 0.273. The summed E-state index contributed by atoms with van der Waals surface area (Å²) in [5.41, 5.74) is 1.40. The van der Waals surface area contributed by atoms with E-state index in [2.05, 4.69) is 16.8 Å². The van der Waals surface area contributed by atoms with Crippen LogP contribution in [0.5, 0.6) is 0 Å². The molecule has 7 nitrogen and oxygen atoms in total. The summed E-state index contributed by atoms with van der Waals surface area (Å²) >= 11 is 1.77. The van der Waals surface area contributed by atoms with Gasteiger partial charge in [-0.1, -0.05) is 36.9 Å². The van der Waals surface area contributed by atoms with E-state index >= 15 is 0 Å². The van der Waals surface area contributed by atoms with Crippen molar-refractivity contribution >= 4 is 22.6 Å². The molecule has 2 aliphatic heterocycles. The highest BCUT2D eigenvalue weighted by molar-refractivity contribution is 8.14. The van der Waals surface area contributed by atoms with Crippen LogP contribution in [0.2, 0.25) is 0 Å². The van der Waals surface area contributed by atoms with E-state index in [4.69, 9.17) is 9.41 Å². The second kappa shape index (κ2) is 7.60. The minimum absolute atomic E-state index is 0.0335. The summed E-state index contributed by atoms with van der Waals surface area (Å²) in [6.07, 6.45) is 2.79. The number of fused-ring (bicyclic) bond motifs is 1. The fourth-order valence-corrected chi connectivity index (χ4v) is 5.49. The molecular weight excluding hydrogens is 400 g/mol. The van der Waals surface area contributed by atoms with Crippen molar-refractivity contribution in [1.82, 2.24) is 9.88 Å². The molecule has 0 saturated carbocycles. The maximum Gasteiger partial charge on any atom is 0.280 e. The first kappa shape index (κ1) is 18.9. The van der Waals surface area contributed by atoms with Crippen molar-refractivity contribution in [2.45, 2.75) is 31.5 Å². The first-order valence-electron chi connectivity index (χ1n) is 9.90. The number of nitrogens with zero attached hydrogens (tertiary/aromatic N) is 4. The molecule has 4 heterocycles. The van der Waals surface area contributed by atoms with Gasteiger partial charge in [0.05, 0.1) is 16.2 Å². The van der Waals surface area contributed by atoms with Crippen LogP contribution in [0, 0.1) is 10.1 Å². The smallest absolute Gasteiger partial charge is 0.280 e. The Morgan fingerprint density at radius 1 is 1.20 bits per heavy atom. The third-order valence-corrected chi connectivity index (χ3v) is 6.74. The van der Waals surface area contributed by atoms with Crippen molar-refractivity contribution < 1.29 is 9.34 Å². The summed E-state index contributed by atoms with van der Waals surface area (Å²) in [6.45, 7) is 2.18. The van der Waals surface area contributed by atoms with E-state index in [-0.39, 0.29) is 22.7 Å². The van der Waals surface area contributed by atoms with E-state index in [1.807, 2.05) is 30.3 Å². The molecule has 0 amide bonds. The fourth-order valence-electron chi connectivity index (χ4n) is 4.16. The molecule has 1 aromatic carbocycles. The molecule has 8 heteroatoms. The number of para-hydroxylation sites is 1. The van der Waals surface area contributed by atoms with E-state index in [0.717, 1.165) is 28.8 Å². The predicted molar refractivity (Wildman–Crippen MR) is 116 cm³/mol. The largest absolute Gasteiger partial charge is 0.459 e. The van der Waals surface area contributed by atoms with Crippen LogP contribution in [0.1, 0.15) is 36.9 Å². The molecule has 0 aliphatic carbocycles. The Hall–Kier alpha value is -3.13. The SMILES string of the molecule is CCC1CSC2=NC(c3ccccn3)C(c3ccc(-c4ccccc4[N+](=O)[O-])o3)N21. The molecule has 0 bridgehead atoms. The van der Waals surface area contributed by atoms with Gasteiger partial charge in [0.1, 0.15) is 23.6 Å². The lowest BCUT2D eigenvalue weighted by Crippen LogP contribution is -2.35. The molecule has 3 aromatic rings. The molecule has 1 saturated heterocycles. The van der Waals surface area contributed by atoms with Crippen LogP contribution in [0.4, 0.5) is 5.69 Å². The van der Waals surface area contributed by atoms with Gasteiger partial charge in [0.25, 0.3) is 5.69 Å². The van der Waals surface area contributed by atoms with Crippen LogP contribution < -0.4 is 0 Å². The normalized spacial score (nSPS) is 22.8. The van der Waals surface area contributed by atoms with E-state index in [1.54, 1.807) is 36.2 Å². The summed E-state index contributed by atoms with van der Waals surface area (Å²) in [4.78, 5) is 22.9. The molecule has 30 heavy (non-hydrogen) atoms. The zero-order valence-corrected chi connectivity index (χ0v) is 17.2. The van der Waals surface area contributed by atoms with E-state index in [9.17, 15) is 10.1 Å². The van der Waals surface area contributed by atoms with Crippen LogP contribution >= 0.6 is 11.8 Å². The van der Waals surface area contributed by atoms with Crippen LogP contribution in [-0.2, 0) is 0 Å². The van der Waals surface area contributed by atoms with Crippen molar-refractivity contribution in [3.63, 3.8) is 0 Å². The minimum Gasteiger partial charge on any atom is -0.459 e. The average molecular weight is 420 g/mol. The zero-order valence-electron chi connectivity index (χ0n) is 16.3. The molecule has 5 rings (SSSR count). The number of rotatable bonds is 5. The highest BCUT2D eigenvalue weighted by Crippen LogP contribution is 2.49. The standard InChI is InChI=1S/C22H20N4O3S/c1-2-14-13-30-22-24-20(16-8-5-6-12-23-16)21(25(14)22)19-11-10-18(29-19)15-7-3-4-9-17(15)26(27)28/h3-12,14,20-21H,2,13H2,1H3. The number of amidine groups is 1. The maximum absolute atomic E-state index is 11.5. The molecular formula is C22H20N4O3S. The quantitative estimate of drug-likeness (QED) is 0.415. The lowest BCUT2D eigenvalue weighted by atomic mass is 10.0. The number of nitro groups is 1. The number of hydrogen-bond donors (Lipinski definition) is 0. The van der Waals surface area contributed by atoms with Gasteiger partial charge >= 0.3 is 0 Å². The van der Waals surface area contributed by atoms with Crippen molar-refractivity contribution in [2.24, 2.45) is 4.99 Å². The maximum atomic E-state index is 11.5. The van der Waals surface area contributed by atoms with Gasteiger partial charge in [0.15, 0.2) is 5.17 Å². The third kappa shape index (κ3) is 3.08. The van der Waals surface area contributed by atoms with Gasteiger partial charge in [-0.05, 0) is 36.8 Å². The number of pyridine rings is 1. The highest BCUT2D eigenvalue weighted by atomic mass is 32.2. The van der Waals surface area contributed by atoms with Crippen molar-refractivity contribution in [3.05, 3.63) is 82.4 Å². The number of thioether (sulfide) groups is 1. The van der Waals surface area contributed by atoms with Gasteiger partial charge in [-0.25, -0.2) is 4.99 Å². The Morgan fingerprint density at radius 2 is 2.03 bits per heavy atom. The summed E-state index contributed by atoms with van der Waals surface area (Å²) < 4.78 is 6.24. The number of aliphatic imine (C=N–C) groups is 1. The van der Waals surface area contributed by atoms with Crippen LogP contribution in [-0.4, -0.2) is 31.8 Å². The van der Waals surface area contributed by atoms with Gasteiger partial charge in [-0.3, -0.25) is 15.1 Å². The molecule has 1 fully saturated rings. The predicted octanol–water partition coefficient (Wildman–Crippen LogP) is 5.23. The topological polar surface area (TPSA) is 84.8 Å². The lowest BCUT2D eigenvalue weighted by molar-refractivity contribution is -0.384. The van der Waals surface area contributed by atoms with E-state index in [0.29, 0.717) is 17.4 Å². The number of hydrogen-bond acceptors (Lipinski definition) is 7. The van der Waals surface area contributed by atoms with E-state index in [1.165, 1.54) is 6.07 Å². The van der Waals surface area contributed by atoms with E-state index < -0.39 is 0 Å². The molecule has 0 spiro atoms. The van der Waals surface area contributed by atoms with Crippen molar-refractivity contribution in [1.29, 1.82) is 0 Å². The number of aromatic nitrogens is 1. The number of furan rings is 1. The molecule has 2 aliphatic rings. The third-order valence-electron chi connectivity index (χ3n) is 5.61. The van der Waals surface area contributed by atoms with Gasteiger partial charge in [0.2, 0.25) is 0 Å². The molecule has 3 atom stereocenters. The Bertz CT molecular complexity index is 1110. The van der Waals surface area contributed by atoms with Crippen molar-refractivity contribution in [3.8, 4) is 11.3 Å². The summed E-state index contributed by atoms with van der Waals surface area (Å²) in [5.74, 6) is 2.24. The Balaban J connectivity index is 1.57. The van der Waals surface area contributed by atoms with Gasteiger partial charge < -0.3 is 9.32 Å². The Morgan fingerprint density at radius 3 is 2.80 bits per heavy atom. The molecule has 3 unspecified atom stereocenters. The first-order valence-corrected chi connectivity index (χ1v) is 10.9. The second-order valence-corrected chi connectivity index (χ2v) is 8.30. The Labute approximate surface area is 178 Å². The number of benzene rings is 1. The summed E-state index contributed by atoms with van der Waals surface area (Å²) in [6, 6.07) is 16.3. The second-order valence-electron chi connectivity index (χ2n) is 7.31. The summed E-state index contributed by atoms with van der Waals surface area (Å²) in [7, 11) is 0. The Kier molecular flexibility index (Phi) is 4.78. The molecule has 0 radical (unpaired) electrons. The van der Waals surface area contributed by atoms with Gasteiger partial charge in [-0.15, -0.1) is 0 Å². The molecule has 2 aromatic heterocycles. The van der Waals surface area contributed by atoms with Crippen LogP contribution in [0.15, 0.2) is 70.2 Å². The lowest BCUT2D eigenvalue weighted by Gasteiger charge is -2.30. The first-order chi connectivity index (χ1) is 14.7. The number of nitro benzene ring substituents is 1. The van der Waals surface area contributed by atoms with Crippen LogP contribution in [0.25, 0.3) is 11.3 Å². The molecule has 0 N–H and O–H groups in total. The summed E-state index contributed by atoms with van der Waals surface area (Å²) in [5, 5.41) is 12.5. The van der Waals surface area contributed by atoms with Crippen LogP contribution in [0.3, 0.4) is 0 Å². The minimum atomic E-state index is -0.380. The highest BCUT2D eigenvalue weighted by Gasteiger charge is 2.47. The zero-order chi connectivity index (χ0) is 20.7. The monoisotopic (exact) mass is 420 g/mol. The average Bonchev–Trinajstić information content (AvgIpc) is 3.49. The van der Waals surface area contributed by atoms with Gasteiger partial charge in [-0.2, -0.15) is 0 Å². The van der Waals surface area contributed by atoms with Gasteiger partial charge in [0, 0.05) is 24.1 Å². The van der Waals surface area contributed by atoms with Crippen molar-refractivity contribution in [2.75, 3.05) is 5.75 Å².